The Bertz CT molecular complexity index is 620. The van der Waals surface area contributed by atoms with Crippen LogP contribution in [0.15, 0.2) is 36.5 Å². The first kappa shape index (κ1) is 14.0. The van der Waals surface area contributed by atoms with Crippen LogP contribution in [-0.2, 0) is 16.0 Å². The van der Waals surface area contributed by atoms with Crippen molar-refractivity contribution in [3.63, 3.8) is 0 Å². The molecule has 0 spiro atoms. The molecule has 0 aliphatic carbocycles. The lowest BCUT2D eigenvalue weighted by Gasteiger charge is -2.06. The maximum absolute atomic E-state index is 11.8. The first-order valence-electron chi connectivity index (χ1n) is 6.48. The van der Waals surface area contributed by atoms with Gasteiger partial charge in [-0.15, -0.1) is 0 Å². The Kier molecular flexibility index (Phi) is 4.65. The molecule has 1 aromatic heterocycles. The van der Waals surface area contributed by atoms with Crippen LogP contribution in [0, 0.1) is 0 Å². The summed E-state index contributed by atoms with van der Waals surface area (Å²) in [5.41, 5.74) is 1.70. The van der Waals surface area contributed by atoms with Gasteiger partial charge < -0.3 is 10.4 Å². The summed E-state index contributed by atoms with van der Waals surface area (Å²) in [5, 5.41) is 12.2. The van der Waals surface area contributed by atoms with Gasteiger partial charge in [0.2, 0.25) is 5.91 Å². The monoisotopic (exact) mass is 272 g/mol. The quantitative estimate of drug-likeness (QED) is 0.785. The van der Waals surface area contributed by atoms with E-state index in [1.807, 2.05) is 30.3 Å². The number of hydrogen-bond acceptors (Lipinski definition) is 3. The zero-order valence-electron chi connectivity index (χ0n) is 11.0. The molecule has 0 unspecified atom stereocenters. The largest absolute Gasteiger partial charge is 0.481 e. The highest BCUT2D eigenvalue weighted by Gasteiger charge is 2.07. The van der Waals surface area contributed by atoms with E-state index in [0.717, 1.165) is 16.5 Å². The number of nitrogens with zero attached hydrogens (tertiary/aromatic N) is 1. The summed E-state index contributed by atoms with van der Waals surface area (Å²) in [6.45, 7) is 0.378. The summed E-state index contributed by atoms with van der Waals surface area (Å²) in [6, 6.07) is 9.55. The van der Waals surface area contributed by atoms with Crippen LogP contribution in [0.3, 0.4) is 0 Å². The highest BCUT2D eigenvalue weighted by molar-refractivity contribution is 5.87. The highest BCUT2D eigenvalue weighted by Crippen LogP contribution is 2.16. The molecule has 0 radical (unpaired) electrons. The molecule has 2 rings (SSSR count). The Morgan fingerprint density at radius 2 is 2.00 bits per heavy atom. The SMILES string of the molecule is O=C(O)CCCNC(=O)Cc1cccc2cccnc12. The van der Waals surface area contributed by atoms with Crippen LogP contribution >= 0.6 is 0 Å². The molecule has 1 aromatic carbocycles. The maximum atomic E-state index is 11.8. The average molecular weight is 272 g/mol. The van der Waals surface area contributed by atoms with Crippen LogP contribution in [0.4, 0.5) is 0 Å². The number of aromatic nitrogens is 1. The Hall–Kier alpha value is -2.43. The van der Waals surface area contributed by atoms with Gasteiger partial charge in [0.1, 0.15) is 0 Å². The second-order valence-electron chi connectivity index (χ2n) is 4.52. The van der Waals surface area contributed by atoms with E-state index < -0.39 is 5.97 Å². The van der Waals surface area contributed by atoms with E-state index in [1.54, 1.807) is 6.20 Å². The van der Waals surface area contributed by atoms with Crippen LogP contribution in [0.1, 0.15) is 18.4 Å². The molecule has 1 heterocycles. The van der Waals surface area contributed by atoms with Crippen molar-refractivity contribution in [1.29, 1.82) is 0 Å². The third-order valence-electron chi connectivity index (χ3n) is 2.96. The third-order valence-corrected chi connectivity index (χ3v) is 2.96. The van der Waals surface area contributed by atoms with E-state index >= 15 is 0 Å². The number of para-hydroxylation sites is 1. The van der Waals surface area contributed by atoms with Gasteiger partial charge in [-0.2, -0.15) is 0 Å². The number of aliphatic carboxylic acids is 1. The second-order valence-corrected chi connectivity index (χ2v) is 4.52. The van der Waals surface area contributed by atoms with E-state index in [1.165, 1.54) is 0 Å². The molecule has 0 saturated carbocycles. The van der Waals surface area contributed by atoms with Gasteiger partial charge in [0.05, 0.1) is 11.9 Å². The minimum Gasteiger partial charge on any atom is -0.481 e. The van der Waals surface area contributed by atoms with Crippen molar-refractivity contribution in [3.8, 4) is 0 Å². The molecule has 0 bridgehead atoms. The fraction of sp³-hybridized carbons (Fsp3) is 0.267. The van der Waals surface area contributed by atoms with Crippen molar-refractivity contribution in [3.05, 3.63) is 42.1 Å². The van der Waals surface area contributed by atoms with Crippen LogP contribution < -0.4 is 5.32 Å². The van der Waals surface area contributed by atoms with Crippen molar-refractivity contribution >= 4 is 22.8 Å². The van der Waals surface area contributed by atoms with Crippen molar-refractivity contribution in [1.82, 2.24) is 10.3 Å². The van der Waals surface area contributed by atoms with Gasteiger partial charge in [0.25, 0.3) is 0 Å². The summed E-state index contributed by atoms with van der Waals surface area (Å²) in [4.78, 5) is 26.5. The molecule has 20 heavy (non-hydrogen) atoms. The fourth-order valence-corrected chi connectivity index (χ4v) is 2.01. The number of pyridine rings is 1. The molecule has 1 amide bonds. The summed E-state index contributed by atoms with van der Waals surface area (Å²) >= 11 is 0. The molecule has 0 fully saturated rings. The van der Waals surface area contributed by atoms with E-state index in [0.29, 0.717) is 13.0 Å². The minimum atomic E-state index is -0.850. The minimum absolute atomic E-state index is 0.0656. The first-order chi connectivity index (χ1) is 9.66. The van der Waals surface area contributed by atoms with Crippen molar-refractivity contribution < 1.29 is 14.7 Å². The lowest BCUT2D eigenvalue weighted by Crippen LogP contribution is -2.26. The van der Waals surface area contributed by atoms with Gasteiger partial charge in [-0.25, -0.2) is 0 Å². The third kappa shape index (κ3) is 3.78. The Morgan fingerprint density at radius 3 is 2.80 bits per heavy atom. The van der Waals surface area contributed by atoms with Crippen LogP contribution in [0.25, 0.3) is 10.9 Å². The summed E-state index contributed by atoms with van der Waals surface area (Å²) in [6.07, 6.45) is 2.46. The van der Waals surface area contributed by atoms with Gasteiger partial charge in [-0.3, -0.25) is 14.6 Å². The van der Waals surface area contributed by atoms with E-state index in [4.69, 9.17) is 5.11 Å². The summed E-state index contributed by atoms with van der Waals surface area (Å²) in [5.74, 6) is -0.967. The van der Waals surface area contributed by atoms with Gasteiger partial charge in [-0.05, 0) is 18.1 Å². The molecule has 2 aromatic rings. The molecule has 2 N–H and O–H groups in total. The molecule has 0 saturated heterocycles. The fourth-order valence-electron chi connectivity index (χ4n) is 2.01. The van der Waals surface area contributed by atoms with Crippen molar-refractivity contribution in [2.75, 3.05) is 6.54 Å². The summed E-state index contributed by atoms with van der Waals surface area (Å²) in [7, 11) is 0. The topological polar surface area (TPSA) is 79.3 Å². The van der Waals surface area contributed by atoms with E-state index in [9.17, 15) is 9.59 Å². The highest BCUT2D eigenvalue weighted by atomic mass is 16.4. The van der Waals surface area contributed by atoms with E-state index in [-0.39, 0.29) is 18.7 Å². The molecule has 104 valence electrons. The number of carbonyl (C=O) groups is 2. The molecular formula is C15H16N2O3. The number of hydrogen-bond donors (Lipinski definition) is 2. The molecule has 0 aliphatic heterocycles. The Labute approximate surface area is 116 Å². The molecule has 0 atom stereocenters. The predicted octanol–water partition coefficient (Wildman–Crippen LogP) is 1.76. The zero-order chi connectivity index (χ0) is 14.4. The lowest BCUT2D eigenvalue weighted by atomic mass is 10.1. The molecule has 0 aliphatic rings. The number of rotatable bonds is 6. The average Bonchev–Trinajstić information content (AvgIpc) is 2.44. The Balaban J connectivity index is 1.94. The standard InChI is InChI=1S/C15H16N2O3/c18-13(16-8-3-7-14(19)20)10-12-5-1-4-11-6-2-9-17-15(11)12/h1-2,4-6,9H,3,7-8,10H2,(H,16,18)(H,19,20). The summed E-state index contributed by atoms with van der Waals surface area (Å²) < 4.78 is 0. The zero-order valence-corrected chi connectivity index (χ0v) is 11.0. The van der Waals surface area contributed by atoms with Gasteiger partial charge in [-0.1, -0.05) is 24.3 Å². The lowest BCUT2D eigenvalue weighted by molar-refractivity contribution is -0.137. The van der Waals surface area contributed by atoms with Crippen LogP contribution in [-0.4, -0.2) is 28.5 Å². The number of benzene rings is 1. The number of amides is 1. The number of carboxylic acids is 1. The van der Waals surface area contributed by atoms with Crippen LogP contribution in [0.2, 0.25) is 0 Å². The molecular weight excluding hydrogens is 256 g/mol. The smallest absolute Gasteiger partial charge is 0.303 e. The molecule has 5 nitrogen and oxygen atoms in total. The second kappa shape index (κ2) is 6.65. The van der Waals surface area contributed by atoms with Gasteiger partial charge in [0.15, 0.2) is 0 Å². The predicted molar refractivity (Wildman–Crippen MR) is 75.3 cm³/mol. The number of fused-ring (bicyclic) bond motifs is 1. The Morgan fingerprint density at radius 1 is 1.20 bits per heavy atom. The van der Waals surface area contributed by atoms with Crippen LogP contribution in [0.5, 0.6) is 0 Å². The maximum Gasteiger partial charge on any atom is 0.303 e. The van der Waals surface area contributed by atoms with Gasteiger partial charge in [0, 0.05) is 24.5 Å². The number of carboxylic acid groups (broad SMARTS) is 1. The van der Waals surface area contributed by atoms with Crippen molar-refractivity contribution in [2.45, 2.75) is 19.3 Å². The number of carbonyl (C=O) groups excluding carboxylic acids is 1. The van der Waals surface area contributed by atoms with E-state index in [2.05, 4.69) is 10.3 Å². The number of nitrogens with one attached hydrogen (secondary N) is 1. The van der Waals surface area contributed by atoms with Crippen molar-refractivity contribution in [2.24, 2.45) is 0 Å². The first-order valence-corrected chi connectivity index (χ1v) is 6.48. The normalized spacial score (nSPS) is 10.4. The molecule has 5 heteroatoms. The van der Waals surface area contributed by atoms with Gasteiger partial charge >= 0.3 is 5.97 Å².